The summed E-state index contributed by atoms with van der Waals surface area (Å²) in [5, 5.41) is 14.7. The van der Waals surface area contributed by atoms with Crippen molar-refractivity contribution in [3.63, 3.8) is 0 Å². The molecule has 1 fully saturated rings. The van der Waals surface area contributed by atoms with Gasteiger partial charge in [-0.3, -0.25) is 4.79 Å². The molecule has 0 aromatic heterocycles. The molecule has 1 saturated carbocycles. The van der Waals surface area contributed by atoms with Crippen LogP contribution in [0.15, 0.2) is 22.7 Å². The number of carbonyl (C=O) groups is 2. The van der Waals surface area contributed by atoms with Crippen LogP contribution in [-0.2, 0) is 4.79 Å². The van der Waals surface area contributed by atoms with Crippen LogP contribution < -0.4 is 15.4 Å². The number of aliphatic carboxylic acids is 1. The SMILES string of the molecule is CCOc1cc(Br)ccc1NC(=O)NC1CCC(C(=O)O)CC1. The highest BCUT2D eigenvalue weighted by atomic mass is 79.9. The zero-order chi connectivity index (χ0) is 16.8. The molecule has 2 rings (SSSR count). The van der Waals surface area contributed by atoms with Gasteiger partial charge in [0.2, 0.25) is 0 Å². The zero-order valence-electron chi connectivity index (χ0n) is 13.0. The van der Waals surface area contributed by atoms with Crippen LogP contribution in [0.5, 0.6) is 5.75 Å². The molecule has 1 aromatic rings. The van der Waals surface area contributed by atoms with Gasteiger partial charge < -0.3 is 20.5 Å². The first-order valence-corrected chi connectivity index (χ1v) is 8.51. The third-order valence-corrected chi connectivity index (χ3v) is 4.40. The normalized spacial score (nSPS) is 20.6. The van der Waals surface area contributed by atoms with Crippen molar-refractivity contribution in [3.8, 4) is 5.75 Å². The molecule has 2 amide bonds. The second-order valence-corrected chi connectivity index (χ2v) is 6.47. The summed E-state index contributed by atoms with van der Waals surface area (Å²) in [7, 11) is 0. The van der Waals surface area contributed by atoms with E-state index in [4.69, 9.17) is 9.84 Å². The van der Waals surface area contributed by atoms with Crippen LogP contribution in [0, 0.1) is 5.92 Å². The Kier molecular flexibility index (Phi) is 6.27. The van der Waals surface area contributed by atoms with Gasteiger partial charge in [-0.1, -0.05) is 15.9 Å². The van der Waals surface area contributed by atoms with Gasteiger partial charge in [0, 0.05) is 10.5 Å². The van der Waals surface area contributed by atoms with Crippen LogP contribution in [0.25, 0.3) is 0 Å². The fraction of sp³-hybridized carbons (Fsp3) is 0.500. The van der Waals surface area contributed by atoms with Gasteiger partial charge in [-0.05, 0) is 50.8 Å². The third-order valence-electron chi connectivity index (χ3n) is 3.90. The van der Waals surface area contributed by atoms with E-state index in [1.807, 2.05) is 13.0 Å². The summed E-state index contributed by atoms with van der Waals surface area (Å²) in [5.74, 6) is -0.428. The molecule has 0 bridgehead atoms. The zero-order valence-corrected chi connectivity index (χ0v) is 14.6. The van der Waals surface area contributed by atoms with Gasteiger partial charge in [0.25, 0.3) is 0 Å². The van der Waals surface area contributed by atoms with E-state index in [9.17, 15) is 9.59 Å². The number of hydrogen-bond donors (Lipinski definition) is 3. The number of urea groups is 1. The van der Waals surface area contributed by atoms with Crippen molar-refractivity contribution in [1.82, 2.24) is 5.32 Å². The minimum absolute atomic E-state index is 0.0107. The molecule has 0 spiro atoms. The highest BCUT2D eigenvalue weighted by Crippen LogP contribution is 2.29. The van der Waals surface area contributed by atoms with Crippen molar-refractivity contribution >= 4 is 33.6 Å². The number of nitrogens with one attached hydrogen (secondary N) is 2. The third kappa shape index (κ3) is 5.13. The largest absolute Gasteiger partial charge is 0.492 e. The number of rotatable bonds is 5. The fourth-order valence-electron chi connectivity index (χ4n) is 2.70. The number of carboxylic acid groups (broad SMARTS) is 1. The molecule has 3 N–H and O–H groups in total. The van der Waals surface area contributed by atoms with Gasteiger partial charge in [0.05, 0.1) is 18.2 Å². The highest BCUT2D eigenvalue weighted by Gasteiger charge is 2.26. The Morgan fingerprint density at radius 1 is 1.30 bits per heavy atom. The van der Waals surface area contributed by atoms with E-state index in [0.717, 1.165) is 4.47 Å². The van der Waals surface area contributed by atoms with Crippen LogP contribution >= 0.6 is 15.9 Å². The molecular formula is C16H21BrN2O4. The van der Waals surface area contributed by atoms with Crippen LogP contribution in [0.2, 0.25) is 0 Å². The molecule has 0 saturated heterocycles. The maximum Gasteiger partial charge on any atom is 0.319 e. The molecule has 0 radical (unpaired) electrons. The summed E-state index contributed by atoms with van der Waals surface area (Å²) in [6.45, 7) is 2.39. The van der Waals surface area contributed by atoms with E-state index >= 15 is 0 Å². The minimum atomic E-state index is -0.746. The average Bonchev–Trinajstić information content (AvgIpc) is 2.51. The van der Waals surface area contributed by atoms with Crippen molar-refractivity contribution in [2.45, 2.75) is 38.6 Å². The number of halogens is 1. The standard InChI is InChI=1S/C16H21BrN2O4/c1-2-23-14-9-11(17)5-8-13(14)19-16(22)18-12-6-3-10(4-7-12)15(20)21/h5,8-10,12H,2-4,6-7H2,1H3,(H,20,21)(H2,18,19,22). The molecule has 0 aliphatic heterocycles. The lowest BCUT2D eigenvalue weighted by atomic mass is 9.86. The van der Waals surface area contributed by atoms with Crippen LogP contribution in [0.1, 0.15) is 32.6 Å². The van der Waals surface area contributed by atoms with Crippen molar-refractivity contribution in [2.24, 2.45) is 5.92 Å². The molecule has 126 valence electrons. The Morgan fingerprint density at radius 3 is 2.61 bits per heavy atom. The molecule has 23 heavy (non-hydrogen) atoms. The summed E-state index contributed by atoms with van der Waals surface area (Å²) < 4.78 is 6.39. The Morgan fingerprint density at radius 2 is 2.00 bits per heavy atom. The maximum atomic E-state index is 12.1. The first-order valence-electron chi connectivity index (χ1n) is 7.72. The Labute approximate surface area is 143 Å². The van der Waals surface area contributed by atoms with Gasteiger partial charge >= 0.3 is 12.0 Å². The summed E-state index contributed by atoms with van der Waals surface area (Å²) >= 11 is 3.37. The summed E-state index contributed by atoms with van der Waals surface area (Å²) in [6, 6.07) is 5.12. The number of carboxylic acids is 1. The van der Waals surface area contributed by atoms with Crippen LogP contribution in [0.3, 0.4) is 0 Å². The van der Waals surface area contributed by atoms with E-state index in [1.165, 1.54) is 0 Å². The first-order chi connectivity index (χ1) is 11.0. The topological polar surface area (TPSA) is 87.7 Å². The van der Waals surface area contributed by atoms with Crippen LogP contribution in [0.4, 0.5) is 10.5 Å². The molecule has 1 aromatic carbocycles. The number of carbonyl (C=O) groups excluding carboxylic acids is 1. The molecule has 7 heteroatoms. The monoisotopic (exact) mass is 384 g/mol. The smallest absolute Gasteiger partial charge is 0.319 e. The van der Waals surface area contributed by atoms with Gasteiger partial charge in [-0.2, -0.15) is 0 Å². The second kappa shape index (κ2) is 8.19. The summed E-state index contributed by atoms with van der Waals surface area (Å²) in [5.41, 5.74) is 0.603. The molecule has 6 nitrogen and oxygen atoms in total. The first kappa shape index (κ1) is 17.6. The molecule has 1 aliphatic rings. The van der Waals surface area contributed by atoms with Gasteiger partial charge in [-0.15, -0.1) is 0 Å². The van der Waals surface area contributed by atoms with Crippen molar-refractivity contribution in [1.29, 1.82) is 0 Å². The van der Waals surface area contributed by atoms with Crippen molar-refractivity contribution in [3.05, 3.63) is 22.7 Å². The number of benzene rings is 1. The van der Waals surface area contributed by atoms with E-state index in [2.05, 4.69) is 26.6 Å². The quantitative estimate of drug-likeness (QED) is 0.723. The number of hydrogen-bond acceptors (Lipinski definition) is 3. The minimum Gasteiger partial charge on any atom is -0.492 e. The molecule has 1 aliphatic carbocycles. The Bertz CT molecular complexity index is 571. The lowest BCUT2D eigenvalue weighted by molar-refractivity contribution is -0.142. The van der Waals surface area contributed by atoms with Gasteiger partial charge in [0.15, 0.2) is 0 Å². The van der Waals surface area contributed by atoms with Crippen LogP contribution in [-0.4, -0.2) is 29.8 Å². The van der Waals surface area contributed by atoms with Gasteiger partial charge in [0.1, 0.15) is 5.75 Å². The Balaban J connectivity index is 1.89. The summed E-state index contributed by atoms with van der Waals surface area (Å²) in [4.78, 5) is 23.1. The van der Waals surface area contributed by atoms with E-state index in [1.54, 1.807) is 12.1 Å². The molecule has 0 atom stereocenters. The average molecular weight is 385 g/mol. The predicted octanol–water partition coefficient (Wildman–Crippen LogP) is 3.61. The molecule has 0 unspecified atom stereocenters. The second-order valence-electron chi connectivity index (χ2n) is 5.56. The van der Waals surface area contributed by atoms with E-state index in [-0.39, 0.29) is 18.0 Å². The molecular weight excluding hydrogens is 364 g/mol. The lowest BCUT2D eigenvalue weighted by Crippen LogP contribution is -2.41. The van der Waals surface area contributed by atoms with E-state index in [0.29, 0.717) is 43.7 Å². The van der Waals surface area contributed by atoms with E-state index < -0.39 is 5.97 Å². The van der Waals surface area contributed by atoms with Crippen molar-refractivity contribution in [2.75, 3.05) is 11.9 Å². The number of amides is 2. The lowest BCUT2D eigenvalue weighted by Gasteiger charge is -2.27. The molecule has 0 heterocycles. The number of ether oxygens (including phenoxy) is 1. The van der Waals surface area contributed by atoms with Crippen molar-refractivity contribution < 1.29 is 19.4 Å². The Hall–Kier alpha value is -1.76. The highest BCUT2D eigenvalue weighted by molar-refractivity contribution is 9.10. The number of anilines is 1. The fourth-order valence-corrected chi connectivity index (χ4v) is 3.04. The van der Waals surface area contributed by atoms with Gasteiger partial charge in [-0.25, -0.2) is 4.79 Å². The predicted molar refractivity (Wildman–Crippen MR) is 90.8 cm³/mol. The maximum absolute atomic E-state index is 12.1. The summed E-state index contributed by atoms with van der Waals surface area (Å²) in [6.07, 6.45) is 2.57.